The average Bonchev–Trinajstić information content (AvgIpc) is 3.38. The molecule has 5 atom stereocenters. The van der Waals surface area contributed by atoms with Crippen molar-refractivity contribution in [3.8, 4) is 0 Å². The topological polar surface area (TPSA) is 151 Å². The molecule has 1 fully saturated rings. The number of aliphatic hydroxyl groups excluding tert-OH is 1. The first-order chi connectivity index (χ1) is 18.3. The van der Waals surface area contributed by atoms with Gasteiger partial charge in [-0.25, -0.2) is 4.79 Å². The van der Waals surface area contributed by atoms with Crippen LogP contribution in [0.4, 0.5) is 0 Å². The van der Waals surface area contributed by atoms with E-state index in [1.807, 2.05) is 58.0 Å². The first-order valence-corrected chi connectivity index (χ1v) is 13.9. The molecule has 218 valence electrons. The van der Waals surface area contributed by atoms with Crippen LogP contribution in [0.2, 0.25) is 0 Å². The Bertz CT molecular complexity index is 968. The number of ether oxygens (including phenoxy) is 1. The Balaban J connectivity index is 2.08. The van der Waals surface area contributed by atoms with Crippen LogP contribution in [0.5, 0.6) is 0 Å². The van der Waals surface area contributed by atoms with E-state index in [1.165, 1.54) is 4.90 Å². The lowest BCUT2D eigenvalue weighted by Gasteiger charge is -2.32. The number of benzene rings is 1. The number of carbonyl (C=O) groups is 4. The van der Waals surface area contributed by atoms with E-state index in [-0.39, 0.29) is 30.3 Å². The number of nitrogens with two attached hydrogens (primary N) is 1. The van der Waals surface area contributed by atoms with Gasteiger partial charge >= 0.3 is 5.97 Å². The molecule has 10 nitrogen and oxygen atoms in total. The second-order valence-electron chi connectivity index (χ2n) is 11.5. The zero-order chi connectivity index (χ0) is 29.3. The summed E-state index contributed by atoms with van der Waals surface area (Å²) in [4.78, 5) is 53.6. The summed E-state index contributed by atoms with van der Waals surface area (Å²) in [5.41, 5.74) is 6.87. The fourth-order valence-electron chi connectivity index (χ4n) is 4.58. The van der Waals surface area contributed by atoms with Gasteiger partial charge in [0.05, 0.1) is 12.1 Å². The first kappa shape index (κ1) is 32.2. The Morgan fingerprint density at radius 2 is 1.64 bits per heavy atom. The number of nitrogens with one attached hydrogen (secondary N) is 2. The molecule has 39 heavy (non-hydrogen) atoms. The quantitative estimate of drug-likeness (QED) is 0.275. The van der Waals surface area contributed by atoms with E-state index in [9.17, 15) is 24.3 Å². The molecule has 1 aliphatic rings. The van der Waals surface area contributed by atoms with Crippen LogP contribution in [-0.4, -0.2) is 70.5 Å². The maximum atomic E-state index is 13.3. The molecule has 1 unspecified atom stereocenters. The first-order valence-electron chi connectivity index (χ1n) is 13.9. The van der Waals surface area contributed by atoms with Gasteiger partial charge in [0.2, 0.25) is 11.8 Å². The summed E-state index contributed by atoms with van der Waals surface area (Å²) in [7, 11) is 0. The van der Waals surface area contributed by atoms with Crippen molar-refractivity contribution < 1.29 is 29.0 Å². The summed E-state index contributed by atoms with van der Waals surface area (Å²) in [6.45, 7) is 11.6. The molecule has 10 heteroatoms. The molecule has 0 aliphatic carbocycles. The highest BCUT2D eigenvalue weighted by Gasteiger charge is 2.40. The minimum absolute atomic E-state index is 0.0364. The van der Waals surface area contributed by atoms with Crippen molar-refractivity contribution in [3.63, 3.8) is 0 Å². The van der Waals surface area contributed by atoms with Crippen LogP contribution in [0.1, 0.15) is 66.4 Å². The van der Waals surface area contributed by atoms with Gasteiger partial charge in [-0.3, -0.25) is 14.4 Å². The number of amides is 3. The smallest absolute Gasteiger partial charge is 0.329 e. The lowest BCUT2D eigenvalue weighted by atomic mass is 9.99. The average molecular weight is 547 g/mol. The van der Waals surface area contributed by atoms with E-state index in [4.69, 9.17) is 10.5 Å². The zero-order valence-electron chi connectivity index (χ0n) is 24.1. The molecule has 1 heterocycles. The standard InChI is InChI=1S/C29H46N4O6/c1-17(2)15-21(26(35)32-24(19(5)6)29(38)39-16-20-11-8-7-9-12-20)31-27(36)25(34)22-13-10-14-33(22)28(37)23(30)18(3)4/h7-9,11-12,17-19,21-25,34H,10,13-16,30H2,1-6H3,(H,31,36)(H,32,35)/t21-,22+,23+,24+,25?/m1/s1. The summed E-state index contributed by atoms with van der Waals surface area (Å²) < 4.78 is 5.44. The van der Waals surface area contributed by atoms with Crippen molar-refractivity contribution in [3.05, 3.63) is 35.9 Å². The van der Waals surface area contributed by atoms with Crippen LogP contribution in [0.25, 0.3) is 0 Å². The molecule has 5 N–H and O–H groups in total. The largest absolute Gasteiger partial charge is 0.459 e. The second kappa shape index (κ2) is 15.0. The minimum Gasteiger partial charge on any atom is -0.459 e. The minimum atomic E-state index is -1.52. The zero-order valence-corrected chi connectivity index (χ0v) is 24.1. The Hall–Kier alpha value is -2.98. The van der Waals surface area contributed by atoms with Crippen molar-refractivity contribution >= 4 is 23.7 Å². The van der Waals surface area contributed by atoms with Gasteiger partial charge in [0, 0.05) is 6.54 Å². The lowest BCUT2D eigenvalue weighted by molar-refractivity contribution is -0.150. The fourth-order valence-corrected chi connectivity index (χ4v) is 4.58. The fraction of sp³-hybridized carbons (Fsp3) is 0.655. The Morgan fingerprint density at radius 1 is 1.00 bits per heavy atom. The number of hydrogen-bond acceptors (Lipinski definition) is 7. The monoisotopic (exact) mass is 546 g/mol. The Morgan fingerprint density at radius 3 is 2.21 bits per heavy atom. The van der Waals surface area contributed by atoms with Crippen molar-refractivity contribution in [2.75, 3.05) is 6.54 Å². The van der Waals surface area contributed by atoms with Crippen molar-refractivity contribution in [2.24, 2.45) is 23.5 Å². The number of nitrogens with zero attached hydrogens (tertiary/aromatic N) is 1. The summed E-state index contributed by atoms with van der Waals surface area (Å²) in [5, 5.41) is 16.3. The van der Waals surface area contributed by atoms with Crippen molar-refractivity contribution in [1.82, 2.24) is 15.5 Å². The molecular weight excluding hydrogens is 500 g/mol. The highest BCUT2D eigenvalue weighted by molar-refractivity contribution is 5.92. The van der Waals surface area contributed by atoms with Crippen molar-refractivity contribution in [2.45, 2.75) is 97.7 Å². The van der Waals surface area contributed by atoms with Crippen LogP contribution < -0.4 is 16.4 Å². The third kappa shape index (κ3) is 9.32. The van der Waals surface area contributed by atoms with E-state index in [0.29, 0.717) is 25.8 Å². The summed E-state index contributed by atoms with van der Waals surface area (Å²) in [5.74, 6) is -2.47. The summed E-state index contributed by atoms with van der Waals surface area (Å²) in [6.07, 6.45) is -0.132. The summed E-state index contributed by atoms with van der Waals surface area (Å²) in [6, 6.07) is 5.88. The highest BCUT2D eigenvalue weighted by atomic mass is 16.5. The van der Waals surface area contributed by atoms with Crippen LogP contribution in [-0.2, 0) is 30.5 Å². The van der Waals surface area contributed by atoms with Gasteiger partial charge < -0.3 is 31.1 Å². The molecular formula is C29H46N4O6. The van der Waals surface area contributed by atoms with E-state index in [2.05, 4.69) is 10.6 Å². The van der Waals surface area contributed by atoms with Gasteiger partial charge in [-0.2, -0.15) is 0 Å². The van der Waals surface area contributed by atoms with Crippen LogP contribution in [0.15, 0.2) is 30.3 Å². The van der Waals surface area contributed by atoms with Crippen LogP contribution >= 0.6 is 0 Å². The molecule has 0 radical (unpaired) electrons. The molecule has 0 bridgehead atoms. The van der Waals surface area contributed by atoms with E-state index < -0.39 is 48.1 Å². The summed E-state index contributed by atoms with van der Waals surface area (Å²) >= 11 is 0. The molecule has 1 aromatic carbocycles. The highest BCUT2D eigenvalue weighted by Crippen LogP contribution is 2.23. The van der Waals surface area contributed by atoms with E-state index in [1.54, 1.807) is 13.8 Å². The maximum Gasteiger partial charge on any atom is 0.329 e. The lowest BCUT2D eigenvalue weighted by Crippen LogP contribution is -2.58. The second-order valence-corrected chi connectivity index (χ2v) is 11.5. The normalized spacial score (nSPS) is 18.5. The number of hydrogen-bond donors (Lipinski definition) is 4. The van der Waals surface area contributed by atoms with Gasteiger partial charge in [-0.15, -0.1) is 0 Å². The predicted molar refractivity (Wildman–Crippen MR) is 148 cm³/mol. The molecule has 1 saturated heterocycles. The number of rotatable bonds is 13. The number of carbonyl (C=O) groups excluding carboxylic acids is 4. The third-order valence-electron chi connectivity index (χ3n) is 7.00. The molecule has 1 aromatic rings. The van der Waals surface area contributed by atoms with Gasteiger partial charge in [-0.1, -0.05) is 71.9 Å². The molecule has 3 amide bonds. The van der Waals surface area contributed by atoms with Gasteiger partial charge in [-0.05, 0) is 42.6 Å². The number of likely N-dealkylation sites (tertiary alicyclic amines) is 1. The van der Waals surface area contributed by atoms with Gasteiger partial charge in [0.25, 0.3) is 5.91 Å². The van der Waals surface area contributed by atoms with Gasteiger partial charge in [0.1, 0.15) is 18.7 Å². The molecule has 0 aromatic heterocycles. The van der Waals surface area contributed by atoms with E-state index in [0.717, 1.165) is 5.56 Å². The molecule has 0 saturated carbocycles. The Kier molecular flexibility index (Phi) is 12.4. The number of aliphatic hydroxyl groups is 1. The van der Waals surface area contributed by atoms with Crippen LogP contribution in [0.3, 0.4) is 0 Å². The molecule has 2 rings (SSSR count). The maximum absolute atomic E-state index is 13.3. The van der Waals surface area contributed by atoms with E-state index >= 15 is 0 Å². The SMILES string of the molecule is CC(C)C[C@@H](NC(=O)C(O)[C@@H]1CCCN1C(=O)[C@@H](N)C(C)C)C(=O)N[C@H](C(=O)OCc1ccccc1)C(C)C. The van der Waals surface area contributed by atoms with Gasteiger partial charge in [0.15, 0.2) is 6.10 Å². The molecule has 0 spiro atoms. The third-order valence-corrected chi connectivity index (χ3v) is 7.00. The molecule has 1 aliphatic heterocycles. The Labute approximate surface area is 232 Å². The van der Waals surface area contributed by atoms with Crippen molar-refractivity contribution in [1.29, 1.82) is 0 Å². The number of esters is 1. The van der Waals surface area contributed by atoms with Crippen LogP contribution in [0, 0.1) is 17.8 Å². The predicted octanol–water partition coefficient (Wildman–Crippen LogP) is 1.74.